The monoisotopic (exact) mass is 240 g/mol. The summed E-state index contributed by atoms with van der Waals surface area (Å²) < 4.78 is 0. The summed E-state index contributed by atoms with van der Waals surface area (Å²) in [5.41, 5.74) is 2.74. The number of carbonyl (C=O) groups is 1. The first-order chi connectivity index (χ1) is 8.66. The van der Waals surface area contributed by atoms with Crippen LogP contribution in [0.15, 0.2) is 48.7 Å². The van der Waals surface area contributed by atoms with Crippen LogP contribution in [0.5, 0.6) is 0 Å². The lowest BCUT2D eigenvalue weighted by Gasteiger charge is -2.14. The number of nitrogens with one attached hydrogen (secondary N) is 1. The molecule has 1 unspecified atom stereocenters. The maximum absolute atomic E-state index is 11.9. The van der Waals surface area contributed by atoms with Gasteiger partial charge >= 0.3 is 0 Å². The maximum Gasteiger partial charge on any atom is 0.270 e. The summed E-state index contributed by atoms with van der Waals surface area (Å²) in [5, 5.41) is 2.93. The lowest BCUT2D eigenvalue weighted by molar-refractivity contribution is 0.0935. The SMILES string of the molecule is Cc1ccc(C(C)NC(=O)c2ccccn2)cc1. The quantitative estimate of drug-likeness (QED) is 0.896. The number of benzene rings is 1. The first kappa shape index (κ1) is 12.3. The minimum atomic E-state index is -0.149. The molecule has 1 atom stereocenters. The Labute approximate surface area is 107 Å². The first-order valence-corrected chi connectivity index (χ1v) is 5.95. The number of aryl methyl sites for hydroxylation is 1. The largest absolute Gasteiger partial charge is 0.344 e. The Kier molecular flexibility index (Phi) is 3.72. The van der Waals surface area contributed by atoms with Crippen molar-refractivity contribution in [2.75, 3.05) is 0 Å². The van der Waals surface area contributed by atoms with Crippen molar-refractivity contribution in [1.29, 1.82) is 0 Å². The normalized spacial score (nSPS) is 11.9. The van der Waals surface area contributed by atoms with Crippen LogP contribution in [0.2, 0.25) is 0 Å². The molecule has 0 saturated carbocycles. The highest BCUT2D eigenvalue weighted by molar-refractivity contribution is 5.92. The number of nitrogens with zero attached hydrogens (tertiary/aromatic N) is 1. The van der Waals surface area contributed by atoms with E-state index in [2.05, 4.69) is 10.3 Å². The fourth-order valence-electron chi connectivity index (χ4n) is 1.71. The molecule has 0 spiro atoms. The van der Waals surface area contributed by atoms with E-state index in [0.717, 1.165) is 5.56 Å². The van der Waals surface area contributed by atoms with E-state index in [1.165, 1.54) is 5.56 Å². The zero-order valence-electron chi connectivity index (χ0n) is 10.6. The average molecular weight is 240 g/mol. The molecule has 0 aliphatic rings. The molecule has 92 valence electrons. The van der Waals surface area contributed by atoms with Crippen LogP contribution >= 0.6 is 0 Å². The van der Waals surface area contributed by atoms with E-state index in [0.29, 0.717) is 5.69 Å². The van der Waals surface area contributed by atoms with E-state index < -0.39 is 0 Å². The Morgan fingerprint density at radius 1 is 1.17 bits per heavy atom. The van der Waals surface area contributed by atoms with Gasteiger partial charge in [-0.25, -0.2) is 0 Å². The van der Waals surface area contributed by atoms with E-state index >= 15 is 0 Å². The van der Waals surface area contributed by atoms with E-state index in [1.807, 2.05) is 38.1 Å². The number of amides is 1. The molecule has 3 nitrogen and oxygen atoms in total. The third-order valence-corrected chi connectivity index (χ3v) is 2.82. The average Bonchev–Trinajstić information content (AvgIpc) is 2.40. The second-order valence-corrected chi connectivity index (χ2v) is 4.32. The Balaban J connectivity index is 2.06. The minimum absolute atomic E-state index is 0.0277. The third kappa shape index (κ3) is 2.94. The molecule has 0 aliphatic carbocycles. The Hall–Kier alpha value is -2.16. The van der Waals surface area contributed by atoms with Crippen molar-refractivity contribution in [3.05, 3.63) is 65.5 Å². The molecule has 1 aromatic carbocycles. The Morgan fingerprint density at radius 2 is 1.89 bits per heavy atom. The fraction of sp³-hybridized carbons (Fsp3) is 0.200. The van der Waals surface area contributed by atoms with E-state index in [4.69, 9.17) is 0 Å². The van der Waals surface area contributed by atoms with E-state index in [-0.39, 0.29) is 11.9 Å². The molecule has 1 N–H and O–H groups in total. The number of hydrogen-bond acceptors (Lipinski definition) is 2. The van der Waals surface area contributed by atoms with E-state index in [9.17, 15) is 4.79 Å². The van der Waals surface area contributed by atoms with Gasteiger partial charge in [-0.2, -0.15) is 0 Å². The molecule has 18 heavy (non-hydrogen) atoms. The van der Waals surface area contributed by atoms with Crippen LogP contribution in [0.25, 0.3) is 0 Å². The van der Waals surface area contributed by atoms with Gasteiger partial charge in [-0.05, 0) is 31.5 Å². The summed E-state index contributed by atoms with van der Waals surface area (Å²) in [6.45, 7) is 4.01. The summed E-state index contributed by atoms with van der Waals surface area (Å²) in [6, 6.07) is 13.4. The fourth-order valence-corrected chi connectivity index (χ4v) is 1.71. The number of aromatic nitrogens is 1. The molecule has 2 aromatic rings. The number of hydrogen-bond donors (Lipinski definition) is 1. The molecule has 1 heterocycles. The van der Waals surface area contributed by atoms with Crippen molar-refractivity contribution < 1.29 is 4.79 Å². The van der Waals surface area contributed by atoms with Crippen molar-refractivity contribution in [2.45, 2.75) is 19.9 Å². The van der Waals surface area contributed by atoms with E-state index in [1.54, 1.807) is 24.4 Å². The standard InChI is InChI=1S/C15H16N2O/c1-11-6-8-13(9-7-11)12(2)17-15(18)14-5-3-4-10-16-14/h3-10,12H,1-2H3,(H,17,18). The van der Waals surface area contributed by atoms with Crippen molar-refractivity contribution in [2.24, 2.45) is 0 Å². The lowest BCUT2D eigenvalue weighted by atomic mass is 10.1. The van der Waals surface area contributed by atoms with Crippen LogP contribution in [-0.2, 0) is 0 Å². The van der Waals surface area contributed by atoms with Gasteiger partial charge in [-0.1, -0.05) is 35.9 Å². The third-order valence-electron chi connectivity index (χ3n) is 2.82. The van der Waals surface area contributed by atoms with Gasteiger partial charge in [0, 0.05) is 6.20 Å². The summed E-state index contributed by atoms with van der Waals surface area (Å²) in [6.07, 6.45) is 1.62. The van der Waals surface area contributed by atoms with Crippen molar-refractivity contribution >= 4 is 5.91 Å². The number of carbonyl (C=O) groups excluding carboxylic acids is 1. The van der Waals surface area contributed by atoms with Crippen molar-refractivity contribution in [3.8, 4) is 0 Å². The van der Waals surface area contributed by atoms with Gasteiger partial charge in [0.1, 0.15) is 5.69 Å². The van der Waals surface area contributed by atoms with Crippen molar-refractivity contribution in [3.63, 3.8) is 0 Å². The molecule has 3 heteroatoms. The number of pyridine rings is 1. The smallest absolute Gasteiger partial charge is 0.270 e. The summed E-state index contributed by atoms with van der Waals surface area (Å²) in [7, 11) is 0. The Bertz CT molecular complexity index is 520. The molecule has 2 rings (SSSR count). The maximum atomic E-state index is 11.9. The van der Waals surface area contributed by atoms with Gasteiger partial charge < -0.3 is 5.32 Å². The van der Waals surface area contributed by atoms with Crippen LogP contribution < -0.4 is 5.32 Å². The van der Waals surface area contributed by atoms with Gasteiger partial charge in [0.15, 0.2) is 0 Å². The van der Waals surface area contributed by atoms with Gasteiger partial charge in [0.2, 0.25) is 0 Å². The zero-order chi connectivity index (χ0) is 13.0. The highest BCUT2D eigenvalue weighted by atomic mass is 16.1. The summed E-state index contributed by atoms with van der Waals surface area (Å²) >= 11 is 0. The lowest BCUT2D eigenvalue weighted by Crippen LogP contribution is -2.27. The number of rotatable bonds is 3. The molecular weight excluding hydrogens is 224 g/mol. The molecule has 1 amide bonds. The highest BCUT2D eigenvalue weighted by Gasteiger charge is 2.11. The topological polar surface area (TPSA) is 42.0 Å². The summed E-state index contributed by atoms with van der Waals surface area (Å²) in [4.78, 5) is 15.9. The van der Waals surface area contributed by atoms with Crippen molar-refractivity contribution in [1.82, 2.24) is 10.3 Å². The molecule has 1 aromatic heterocycles. The molecular formula is C15H16N2O. The van der Waals surface area contributed by atoms with Crippen LogP contribution in [0, 0.1) is 6.92 Å². The van der Waals surface area contributed by atoms with Crippen LogP contribution in [0.1, 0.15) is 34.6 Å². The second-order valence-electron chi connectivity index (χ2n) is 4.32. The highest BCUT2D eigenvalue weighted by Crippen LogP contribution is 2.13. The molecule has 0 saturated heterocycles. The predicted molar refractivity (Wildman–Crippen MR) is 71.3 cm³/mol. The second kappa shape index (κ2) is 5.45. The first-order valence-electron chi connectivity index (χ1n) is 5.95. The van der Waals surface area contributed by atoms with Crippen LogP contribution in [0.4, 0.5) is 0 Å². The Morgan fingerprint density at radius 3 is 2.50 bits per heavy atom. The minimum Gasteiger partial charge on any atom is -0.344 e. The van der Waals surface area contributed by atoms with Gasteiger partial charge in [-0.3, -0.25) is 9.78 Å². The van der Waals surface area contributed by atoms with Crippen LogP contribution in [0.3, 0.4) is 0 Å². The molecule has 0 radical (unpaired) electrons. The zero-order valence-corrected chi connectivity index (χ0v) is 10.6. The van der Waals surface area contributed by atoms with Gasteiger partial charge in [0.05, 0.1) is 6.04 Å². The van der Waals surface area contributed by atoms with Gasteiger partial charge in [-0.15, -0.1) is 0 Å². The summed E-state index contributed by atoms with van der Waals surface area (Å²) in [5.74, 6) is -0.149. The molecule has 0 fully saturated rings. The predicted octanol–water partition coefficient (Wildman–Crippen LogP) is 2.88. The molecule has 0 aliphatic heterocycles. The molecule has 0 bridgehead atoms. The van der Waals surface area contributed by atoms with Gasteiger partial charge in [0.25, 0.3) is 5.91 Å². The van der Waals surface area contributed by atoms with Crippen LogP contribution in [-0.4, -0.2) is 10.9 Å².